The van der Waals surface area contributed by atoms with Gasteiger partial charge in [0.25, 0.3) is 0 Å². The number of hydrogen-bond donors (Lipinski definition) is 0. The number of thiocarbonyl (C=S) groups is 2. The van der Waals surface area contributed by atoms with Crippen molar-refractivity contribution in [3.8, 4) is 0 Å². The number of piperidine rings is 1. The third-order valence-corrected chi connectivity index (χ3v) is 5.26. The summed E-state index contributed by atoms with van der Waals surface area (Å²) in [6.45, 7) is 3.21. The maximum Gasteiger partial charge on any atom is 0.191 e. The van der Waals surface area contributed by atoms with Crippen molar-refractivity contribution in [2.45, 2.75) is 25.7 Å². The maximum atomic E-state index is 5.56. The van der Waals surface area contributed by atoms with E-state index < -0.39 is 0 Å². The van der Waals surface area contributed by atoms with Gasteiger partial charge < -0.3 is 4.90 Å². The molecule has 2 heterocycles. The standard InChI is InChI=1S/C11H19N3S3/c1-12(13-6-3-2-4-7-13)10(15)14-8-5-9-17-11(14)16/h2-9H2,1H3. The lowest BCUT2D eigenvalue weighted by Crippen LogP contribution is -2.53. The Balaban J connectivity index is 1.95. The molecule has 2 fully saturated rings. The molecule has 0 aromatic rings. The minimum Gasteiger partial charge on any atom is -0.303 e. The smallest absolute Gasteiger partial charge is 0.191 e. The fourth-order valence-corrected chi connectivity index (χ4v) is 3.82. The Morgan fingerprint density at radius 2 is 1.88 bits per heavy atom. The summed E-state index contributed by atoms with van der Waals surface area (Å²) in [5.41, 5.74) is 0. The number of hydrazine groups is 1. The van der Waals surface area contributed by atoms with E-state index in [4.69, 9.17) is 24.4 Å². The molecule has 2 rings (SSSR count). The van der Waals surface area contributed by atoms with Gasteiger partial charge in [0.1, 0.15) is 4.32 Å². The molecule has 0 spiro atoms. The van der Waals surface area contributed by atoms with Crippen LogP contribution in [0.4, 0.5) is 0 Å². The summed E-state index contributed by atoms with van der Waals surface area (Å²) in [7, 11) is 2.07. The molecule has 0 bridgehead atoms. The summed E-state index contributed by atoms with van der Waals surface area (Å²) in [5.74, 6) is 1.13. The van der Waals surface area contributed by atoms with Gasteiger partial charge in [0, 0.05) is 32.4 Å². The summed E-state index contributed by atoms with van der Waals surface area (Å²) in [4.78, 5) is 2.10. The van der Waals surface area contributed by atoms with Crippen LogP contribution in [0, 0.1) is 0 Å². The number of hydrogen-bond acceptors (Lipinski definition) is 4. The van der Waals surface area contributed by atoms with Crippen molar-refractivity contribution in [1.82, 2.24) is 14.9 Å². The van der Waals surface area contributed by atoms with E-state index in [1.54, 1.807) is 11.8 Å². The summed E-state index contributed by atoms with van der Waals surface area (Å²) in [5, 5.41) is 5.32. The van der Waals surface area contributed by atoms with E-state index in [1.165, 1.54) is 25.7 Å². The fourth-order valence-electron chi connectivity index (χ4n) is 2.20. The summed E-state index contributed by atoms with van der Waals surface area (Å²) in [6, 6.07) is 0. The molecule has 17 heavy (non-hydrogen) atoms. The summed E-state index contributed by atoms with van der Waals surface area (Å²) >= 11 is 12.7. The van der Waals surface area contributed by atoms with Crippen LogP contribution < -0.4 is 0 Å². The van der Waals surface area contributed by atoms with Gasteiger partial charge in [0.2, 0.25) is 0 Å². The molecule has 0 radical (unpaired) electrons. The Bertz CT molecular complexity index is 302. The minimum atomic E-state index is 0.865. The zero-order valence-electron chi connectivity index (χ0n) is 10.2. The van der Waals surface area contributed by atoms with E-state index in [0.717, 1.165) is 34.8 Å². The van der Waals surface area contributed by atoms with Gasteiger partial charge in [0.05, 0.1) is 0 Å². The predicted molar refractivity (Wildman–Crippen MR) is 82.2 cm³/mol. The second-order valence-electron chi connectivity index (χ2n) is 4.44. The first kappa shape index (κ1) is 13.5. The van der Waals surface area contributed by atoms with Gasteiger partial charge >= 0.3 is 0 Å². The topological polar surface area (TPSA) is 9.72 Å². The average molecular weight is 289 g/mol. The third kappa shape index (κ3) is 3.30. The highest BCUT2D eigenvalue weighted by molar-refractivity contribution is 8.23. The van der Waals surface area contributed by atoms with E-state index in [2.05, 4.69) is 22.0 Å². The molecule has 3 nitrogen and oxygen atoms in total. The first-order valence-corrected chi connectivity index (χ1v) is 7.97. The molecule has 0 unspecified atom stereocenters. The molecular formula is C11H19N3S3. The Hall–Kier alpha value is 0.0900. The summed E-state index contributed by atoms with van der Waals surface area (Å²) < 4.78 is 0.935. The van der Waals surface area contributed by atoms with Gasteiger partial charge in [-0.25, -0.2) is 5.01 Å². The molecule has 0 N–H and O–H groups in total. The van der Waals surface area contributed by atoms with Crippen LogP contribution in [0.2, 0.25) is 0 Å². The van der Waals surface area contributed by atoms with E-state index in [0.29, 0.717) is 0 Å². The van der Waals surface area contributed by atoms with Crippen LogP contribution in [0.25, 0.3) is 0 Å². The monoisotopic (exact) mass is 289 g/mol. The lowest BCUT2D eigenvalue weighted by Gasteiger charge is -2.40. The van der Waals surface area contributed by atoms with Gasteiger partial charge in [0.15, 0.2) is 5.11 Å². The summed E-state index contributed by atoms with van der Waals surface area (Å²) in [6.07, 6.45) is 5.05. The Morgan fingerprint density at radius 1 is 1.18 bits per heavy atom. The molecule has 0 saturated carbocycles. The highest BCUT2D eigenvalue weighted by Crippen LogP contribution is 2.20. The highest BCUT2D eigenvalue weighted by Gasteiger charge is 2.25. The predicted octanol–water partition coefficient (Wildman–Crippen LogP) is 2.33. The molecule has 0 atom stereocenters. The van der Waals surface area contributed by atoms with Crippen molar-refractivity contribution in [2.24, 2.45) is 0 Å². The lowest BCUT2D eigenvalue weighted by atomic mass is 10.2. The van der Waals surface area contributed by atoms with Crippen molar-refractivity contribution >= 4 is 45.6 Å². The van der Waals surface area contributed by atoms with Gasteiger partial charge in [-0.15, -0.1) is 0 Å². The molecule has 96 valence electrons. The Morgan fingerprint density at radius 3 is 2.53 bits per heavy atom. The highest BCUT2D eigenvalue weighted by atomic mass is 32.2. The van der Waals surface area contributed by atoms with E-state index in [-0.39, 0.29) is 0 Å². The SMILES string of the molecule is CN(C(=S)N1CCCSC1=S)N1CCCCC1. The Labute approximate surface area is 118 Å². The van der Waals surface area contributed by atoms with E-state index in [1.807, 2.05) is 0 Å². The molecule has 2 aliphatic rings. The van der Waals surface area contributed by atoms with Crippen LogP contribution >= 0.6 is 36.2 Å². The van der Waals surface area contributed by atoms with Crippen LogP contribution in [0.15, 0.2) is 0 Å². The van der Waals surface area contributed by atoms with Crippen LogP contribution in [0.3, 0.4) is 0 Å². The molecule has 6 heteroatoms. The molecule has 0 aromatic heterocycles. The first-order chi connectivity index (χ1) is 8.20. The molecule has 2 saturated heterocycles. The zero-order chi connectivity index (χ0) is 12.3. The second-order valence-corrected chi connectivity index (χ2v) is 6.53. The van der Waals surface area contributed by atoms with Crippen LogP contribution in [0.1, 0.15) is 25.7 Å². The first-order valence-electron chi connectivity index (χ1n) is 6.17. The third-order valence-electron chi connectivity index (χ3n) is 3.24. The molecule has 2 aliphatic heterocycles. The molecule has 0 aliphatic carbocycles. The van der Waals surface area contributed by atoms with Crippen LogP contribution in [-0.2, 0) is 0 Å². The van der Waals surface area contributed by atoms with Crippen LogP contribution in [0.5, 0.6) is 0 Å². The van der Waals surface area contributed by atoms with Gasteiger partial charge in [-0.3, -0.25) is 5.01 Å². The normalized spacial score (nSPS) is 22.6. The average Bonchev–Trinajstić information content (AvgIpc) is 2.39. The zero-order valence-corrected chi connectivity index (χ0v) is 12.7. The molecular weight excluding hydrogens is 270 g/mol. The molecule has 0 amide bonds. The van der Waals surface area contributed by atoms with Crippen LogP contribution in [-0.4, -0.2) is 56.8 Å². The Kier molecular flexibility index (Phi) is 5.02. The minimum absolute atomic E-state index is 0.865. The maximum absolute atomic E-state index is 5.56. The number of rotatable bonds is 1. The second kappa shape index (κ2) is 6.31. The van der Waals surface area contributed by atoms with E-state index >= 15 is 0 Å². The largest absolute Gasteiger partial charge is 0.303 e. The van der Waals surface area contributed by atoms with Gasteiger partial charge in [-0.1, -0.05) is 30.4 Å². The van der Waals surface area contributed by atoms with Gasteiger partial charge in [-0.2, -0.15) is 0 Å². The lowest BCUT2D eigenvalue weighted by molar-refractivity contribution is 0.0425. The fraction of sp³-hybridized carbons (Fsp3) is 0.818. The number of thioether (sulfide) groups is 1. The van der Waals surface area contributed by atoms with Crippen molar-refractivity contribution in [1.29, 1.82) is 0 Å². The number of nitrogens with zero attached hydrogens (tertiary/aromatic N) is 3. The molecule has 0 aromatic carbocycles. The van der Waals surface area contributed by atoms with Crippen molar-refractivity contribution in [3.63, 3.8) is 0 Å². The van der Waals surface area contributed by atoms with Crippen molar-refractivity contribution < 1.29 is 0 Å². The van der Waals surface area contributed by atoms with Crippen molar-refractivity contribution in [3.05, 3.63) is 0 Å². The van der Waals surface area contributed by atoms with Gasteiger partial charge in [-0.05, 0) is 31.5 Å². The van der Waals surface area contributed by atoms with Crippen molar-refractivity contribution in [2.75, 3.05) is 32.4 Å². The van der Waals surface area contributed by atoms with E-state index in [9.17, 15) is 0 Å². The quantitative estimate of drug-likeness (QED) is 0.681.